The van der Waals surface area contributed by atoms with E-state index in [-0.39, 0.29) is 17.7 Å². The lowest BCUT2D eigenvalue weighted by Crippen LogP contribution is -2.19. The first kappa shape index (κ1) is 16.2. The van der Waals surface area contributed by atoms with Crippen LogP contribution in [0.2, 0.25) is 0 Å². The number of halogens is 3. The maximum Gasteiger partial charge on any atom is 0.262 e. The largest absolute Gasteiger partial charge is 0.306 e. The van der Waals surface area contributed by atoms with E-state index in [0.717, 1.165) is 18.5 Å². The Labute approximate surface area is 145 Å². The van der Waals surface area contributed by atoms with E-state index in [0.29, 0.717) is 12.1 Å². The standard InChI is InChI=1S/C17H12F3N5O/c18-10-6-11(19)15(12(20)7-10)16(26)23-14-8-13(9-2-3-9)24-25(14)17-21-4-1-5-22-17/h1,4-9H,2-3H2,(H,23,26). The van der Waals surface area contributed by atoms with Crippen LogP contribution in [0.15, 0.2) is 36.7 Å². The summed E-state index contributed by atoms with van der Waals surface area (Å²) >= 11 is 0. The highest BCUT2D eigenvalue weighted by molar-refractivity contribution is 6.04. The minimum atomic E-state index is -1.29. The number of amides is 1. The van der Waals surface area contributed by atoms with E-state index < -0.39 is 28.9 Å². The second kappa shape index (κ2) is 6.25. The maximum absolute atomic E-state index is 13.8. The second-order valence-corrected chi connectivity index (χ2v) is 5.89. The normalized spacial score (nSPS) is 13.7. The number of benzene rings is 1. The summed E-state index contributed by atoms with van der Waals surface area (Å²) in [6.45, 7) is 0. The van der Waals surface area contributed by atoms with Crippen molar-refractivity contribution in [3.8, 4) is 5.95 Å². The van der Waals surface area contributed by atoms with Gasteiger partial charge in [0.2, 0.25) is 0 Å². The second-order valence-electron chi connectivity index (χ2n) is 5.89. The molecule has 1 aliphatic rings. The molecule has 0 unspecified atom stereocenters. The SMILES string of the molecule is O=C(Nc1cc(C2CC2)nn1-c1ncccn1)c1c(F)cc(F)cc1F. The lowest BCUT2D eigenvalue weighted by Gasteiger charge is -2.08. The monoisotopic (exact) mass is 359 g/mol. The van der Waals surface area contributed by atoms with E-state index in [1.54, 1.807) is 12.1 Å². The highest BCUT2D eigenvalue weighted by Crippen LogP contribution is 2.40. The summed E-state index contributed by atoms with van der Waals surface area (Å²) in [7, 11) is 0. The van der Waals surface area contributed by atoms with Crippen molar-refractivity contribution >= 4 is 11.7 Å². The molecule has 1 amide bonds. The molecule has 4 rings (SSSR count). The molecule has 2 heterocycles. The fraction of sp³-hybridized carbons (Fsp3) is 0.176. The molecule has 0 atom stereocenters. The third-order valence-corrected chi connectivity index (χ3v) is 3.94. The molecule has 0 aliphatic heterocycles. The molecule has 0 radical (unpaired) electrons. The van der Waals surface area contributed by atoms with Crippen molar-refractivity contribution < 1.29 is 18.0 Å². The summed E-state index contributed by atoms with van der Waals surface area (Å²) in [5.74, 6) is -4.08. The van der Waals surface area contributed by atoms with Gasteiger partial charge in [-0.3, -0.25) is 4.79 Å². The molecule has 9 heteroatoms. The fourth-order valence-electron chi connectivity index (χ4n) is 2.56. The molecule has 0 spiro atoms. The molecule has 2 aromatic heterocycles. The summed E-state index contributed by atoms with van der Waals surface area (Å²) in [5, 5.41) is 6.79. The number of rotatable bonds is 4. The third-order valence-electron chi connectivity index (χ3n) is 3.94. The molecule has 26 heavy (non-hydrogen) atoms. The van der Waals surface area contributed by atoms with E-state index in [1.165, 1.54) is 17.1 Å². The van der Waals surface area contributed by atoms with Gasteiger partial charge in [0.25, 0.3) is 11.9 Å². The average molecular weight is 359 g/mol. The van der Waals surface area contributed by atoms with Gasteiger partial charge in [-0.25, -0.2) is 23.1 Å². The number of hydrogen-bond donors (Lipinski definition) is 1. The molecule has 132 valence electrons. The first-order chi connectivity index (χ1) is 12.5. The Morgan fingerprint density at radius 3 is 2.35 bits per heavy atom. The van der Waals surface area contributed by atoms with Crippen LogP contribution < -0.4 is 5.32 Å². The smallest absolute Gasteiger partial charge is 0.262 e. The molecule has 0 bridgehead atoms. The molecule has 1 aliphatic carbocycles. The number of carbonyl (C=O) groups excluding carboxylic acids is 1. The van der Waals surface area contributed by atoms with Crippen molar-refractivity contribution in [1.29, 1.82) is 0 Å². The first-order valence-electron chi connectivity index (χ1n) is 7.86. The number of carbonyl (C=O) groups is 1. The van der Waals surface area contributed by atoms with Gasteiger partial charge in [0, 0.05) is 36.5 Å². The van der Waals surface area contributed by atoms with Gasteiger partial charge in [0.15, 0.2) is 0 Å². The molecule has 0 saturated heterocycles. The Morgan fingerprint density at radius 1 is 1.08 bits per heavy atom. The third kappa shape index (κ3) is 3.03. The lowest BCUT2D eigenvalue weighted by molar-refractivity contribution is 0.101. The number of anilines is 1. The van der Waals surface area contributed by atoms with Crippen LogP contribution in [0.4, 0.5) is 19.0 Å². The van der Waals surface area contributed by atoms with Crippen molar-refractivity contribution in [2.45, 2.75) is 18.8 Å². The van der Waals surface area contributed by atoms with Crippen molar-refractivity contribution in [3.63, 3.8) is 0 Å². The molecule has 1 saturated carbocycles. The summed E-state index contributed by atoms with van der Waals surface area (Å²) < 4.78 is 42.0. The van der Waals surface area contributed by atoms with Gasteiger partial charge in [0.05, 0.1) is 5.69 Å². The quantitative estimate of drug-likeness (QED) is 0.776. The van der Waals surface area contributed by atoms with Gasteiger partial charge in [0.1, 0.15) is 28.8 Å². The Kier molecular flexibility index (Phi) is 3.90. The van der Waals surface area contributed by atoms with Crippen LogP contribution in [0.3, 0.4) is 0 Å². The summed E-state index contributed by atoms with van der Waals surface area (Å²) in [6.07, 6.45) is 4.96. The Balaban J connectivity index is 1.71. The Hall–Kier alpha value is -3.23. The first-order valence-corrected chi connectivity index (χ1v) is 7.86. The predicted octanol–water partition coefficient (Wildman–Crippen LogP) is 3.21. The van der Waals surface area contributed by atoms with Gasteiger partial charge < -0.3 is 5.32 Å². The molecule has 1 aromatic carbocycles. The maximum atomic E-state index is 13.8. The molecule has 1 N–H and O–H groups in total. The van der Waals surface area contributed by atoms with Crippen molar-refractivity contribution in [2.24, 2.45) is 0 Å². The molecule has 1 fully saturated rings. The van der Waals surface area contributed by atoms with Crippen LogP contribution in [-0.4, -0.2) is 25.7 Å². The number of nitrogens with zero attached hydrogens (tertiary/aromatic N) is 4. The molecule has 3 aromatic rings. The van der Waals surface area contributed by atoms with E-state index >= 15 is 0 Å². The van der Waals surface area contributed by atoms with Crippen LogP contribution >= 0.6 is 0 Å². The van der Waals surface area contributed by atoms with Crippen molar-refractivity contribution in [3.05, 3.63) is 65.4 Å². The molecular weight excluding hydrogens is 347 g/mol. The van der Waals surface area contributed by atoms with Gasteiger partial charge in [-0.15, -0.1) is 0 Å². The van der Waals surface area contributed by atoms with Gasteiger partial charge in [-0.05, 0) is 18.9 Å². The highest BCUT2D eigenvalue weighted by atomic mass is 19.1. The zero-order valence-electron chi connectivity index (χ0n) is 13.3. The summed E-state index contributed by atoms with van der Waals surface area (Å²) in [5.41, 5.74) is -0.145. The minimum absolute atomic E-state index is 0.172. The van der Waals surface area contributed by atoms with Crippen LogP contribution in [0.5, 0.6) is 0 Å². The predicted molar refractivity (Wildman–Crippen MR) is 85.4 cm³/mol. The van der Waals surface area contributed by atoms with Crippen LogP contribution in [0.25, 0.3) is 5.95 Å². The average Bonchev–Trinajstić information content (AvgIpc) is 3.36. The van der Waals surface area contributed by atoms with E-state index in [2.05, 4.69) is 20.4 Å². The van der Waals surface area contributed by atoms with Gasteiger partial charge in [-0.2, -0.15) is 9.78 Å². The fourth-order valence-corrected chi connectivity index (χ4v) is 2.56. The zero-order chi connectivity index (χ0) is 18.3. The molecular formula is C17H12F3N5O. The van der Waals surface area contributed by atoms with Gasteiger partial charge >= 0.3 is 0 Å². The number of nitrogens with one attached hydrogen (secondary N) is 1. The number of aromatic nitrogens is 4. The highest BCUT2D eigenvalue weighted by Gasteiger charge is 2.29. The van der Waals surface area contributed by atoms with E-state index in [1.807, 2.05) is 0 Å². The van der Waals surface area contributed by atoms with E-state index in [4.69, 9.17) is 0 Å². The van der Waals surface area contributed by atoms with Crippen LogP contribution in [0, 0.1) is 17.5 Å². The Bertz CT molecular complexity index is 962. The van der Waals surface area contributed by atoms with E-state index in [9.17, 15) is 18.0 Å². The number of hydrogen-bond acceptors (Lipinski definition) is 4. The lowest BCUT2D eigenvalue weighted by atomic mass is 10.1. The summed E-state index contributed by atoms with van der Waals surface area (Å²) in [4.78, 5) is 20.5. The van der Waals surface area contributed by atoms with Crippen molar-refractivity contribution in [1.82, 2.24) is 19.7 Å². The van der Waals surface area contributed by atoms with Crippen LogP contribution in [-0.2, 0) is 0 Å². The van der Waals surface area contributed by atoms with Crippen LogP contribution in [0.1, 0.15) is 34.8 Å². The molecule has 6 nitrogen and oxygen atoms in total. The minimum Gasteiger partial charge on any atom is -0.306 e. The Morgan fingerprint density at radius 2 is 1.73 bits per heavy atom. The zero-order valence-corrected chi connectivity index (χ0v) is 13.3. The van der Waals surface area contributed by atoms with Gasteiger partial charge in [-0.1, -0.05) is 0 Å². The topological polar surface area (TPSA) is 72.7 Å². The summed E-state index contributed by atoms with van der Waals surface area (Å²) in [6, 6.07) is 4.14. The van der Waals surface area contributed by atoms with Crippen molar-refractivity contribution in [2.75, 3.05) is 5.32 Å².